The lowest BCUT2D eigenvalue weighted by Crippen LogP contribution is -2.36. The van der Waals surface area contributed by atoms with Gasteiger partial charge in [-0.2, -0.15) is 0 Å². The van der Waals surface area contributed by atoms with Crippen LogP contribution in [-0.4, -0.2) is 31.5 Å². The normalized spacial score (nSPS) is 11.5. The van der Waals surface area contributed by atoms with E-state index in [1.165, 1.54) is 6.07 Å². The third kappa shape index (κ3) is 4.06. The lowest BCUT2D eigenvalue weighted by atomic mass is 10.1. The van der Waals surface area contributed by atoms with Crippen molar-refractivity contribution in [1.29, 1.82) is 0 Å². The number of halogens is 1. The summed E-state index contributed by atoms with van der Waals surface area (Å²) in [5.74, 6) is 0.640. The molecule has 0 atom stereocenters. The number of benzene rings is 1. The molecule has 17 heavy (non-hydrogen) atoms. The number of hydrogen-bond acceptors (Lipinski definition) is 1. The number of rotatable bonds is 3. The van der Waals surface area contributed by atoms with E-state index in [2.05, 4.69) is 10.3 Å². The van der Waals surface area contributed by atoms with Crippen LogP contribution in [0.15, 0.2) is 23.2 Å². The van der Waals surface area contributed by atoms with Gasteiger partial charge in [0, 0.05) is 20.6 Å². The van der Waals surface area contributed by atoms with Crippen molar-refractivity contribution in [3.8, 4) is 0 Å². The van der Waals surface area contributed by atoms with Gasteiger partial charge in [0.15, 0.2) is 5.96 Å². The van der Waals surface area contributed by atoms with Crippen LogP contribution in [0.2, 0.25) is 0 Å². The van der Waals surface area contributed by atoms with Crippen molar-refractivity contribution >= 4 is 5.96 Å². The monoisotopic (exact) mass is 237 g/mol. The molecule has 0 aliphatic rings. The number of guanidine groups is 1. The largest absolute Gasteiger partial charge is 0.357 e. The van der Waals surface area contributed by atoms with Gasteiger partial charge in [0.1, 0.15) is 5.82 Å². The second kappa shape index (κ2) is 6.23. The predicted molar refractivity (Wildman–Crippen MR) is 69.6 cm³/mol. The molecule has 0 aliphatic heterocycles. The molecule has 0 aromatic heterocycles. The molecule has 94 valence electrons. The SMILES string of the molecule is CCNC(=NCc1ccc(C)c(F)c1)N(C)C. The summed E-state index contributed by atoms with van der Waals surface area (Å²) in [5.41, 5.74) is 1.54. The molecular weight excluding hydrogens is 217 g/mol. The molecular formula is C13H20FN3. The van der Waals surface area contributed by atoms with Crippen LogP contribution in [0, 0.1) is 12.7 Å². The molecule has 1 rings (SSSR count). The van der Waals surface area contributed by atoms with Crippen molar-refractivity contribution in [2.75, 3.05) is 20.6 Å². The molecule has 1 aromatic carbocycles. The first-order valence-corrected chi connectivity index (χ1v) is 5.75. The van der Waals surface area contributed by atoms with Crippen LogP contribution < -0.4 is 5.32 Å². The Kier molecular flexibility index (Phi) is 4.94. The van der Waals surface area contributed by atoms with E-state index in [0.717, 1.165) is 18.1 Å². The Bertz CT molecular complexity index is 400. The molecule has 0 saturated carbocycles. The zero-order valence-electron chi connectivity index (χ0n) is 10.9. The Morgan fingerprint density at radius 1 is 1.41 bits per heavy atom. The predicted octanol–water partition coefficient (Wildman–Crippen LogP) is 2.16. The van der Waals surface area contributed by atoms with Gasteiger partial charge in [-0.05, 0) is 31.0 Å². The Morgan fingerprint density at radius 3 is 2.65 bits per heavy atom. The standard InChI is InChI=1S/C13H20FN3/c1-5-15-13(17(3)4)16-9-11-7-6-10(2)12(14)8-11/h6-8H,5,9H2,1-4H3,(H,15,16). The van der Waals surface area contributed by atoms with Crippen molar-refractivity contribution in [2.45, 2.75) is 20.4 Å². The average molecular weight is 237 g/mol. The van der Waals surface area contributed by atoms with E-state index < -0.39 is 0 Å². The fourth-order valence-electron chi connectivity index (χ4n) is 1.41. The highest BCUT2D eigenvalue weighted by Gasteiger charge is 2.01. The summed E-state index contributed by atoms with van der Waals surface area (Å²) >= 11 is 0. The number of aliphatic imine (C=N–C) groups is 1. The minimum atomic E-state index is -0.174. The third-order valence-corrected chi connectivity index (χ3v) is 2.41. The average Bonchev–Trinajstić information content (AvgIpc) is 2.28. The first kappa shape index (κ1) is 13.5. The van der Waals surface area contributed by atoms with E-state index in [4.69, 9.17) is 0 Å². The highest BCUT2D eigenvalue weighted by Crippen LogP contribution is 2.10. The minimum absolute atomic E-state index is 0.174. The van der Waals surface area contributed by atoms with Crippen molar-refractivity contribution < 1.29 is 4.39 Å². The van der Waals surface area contributed by atoms with Crippen LogP contribution in [0.5, 0.6) is 0 Å². The van der Waals surface area contributed by atoms with Gasteiger partial charge in [-0.1, -0.05) is 12.1 Å². The van der Waals surface area contributed by atoms with Crippen molar-refractivity contribution in [2.24, 2.45) is 4.99 Å². The molecule has 0 unspecified atom stereocenters. The fraction of sp³-hybridized carbons (Fsp3) is 0.462. The molecule has 1 aromatic rings. The van der Waals surface area contributed by atoms with E-state index in [0.29, 0.717) is 12.1 Å². The zero-order valence-corrected chi connectivity index (χ0v) is 10.9. The zero-order chi connectivity index (χ0) is 12.8. The summed E-state index contributed by atoms with van der Waals surface area (Å²) in [6, 6.07) is 5.22. The summed E-state index contributed by atoms with van der Waals surface area (Å²) in [6.07, 6.45) is 0. The van der Waals surface area contributed by atoms with E-state index >= 15 is 0 Å². The molecule has 0 amide bonds. The number of hydrogen-bond donors (Lipinski definition) is 1. The van der Waals surface area contributed by atoms with Gasteiger partial charge in [0.2, 0.25) is 0 Å². The van der Waals surface area contributed by atoms with Gasteiger partial charge in [-0.25, -0.2) is 9.38 Å². The van der Waals surface area contributed by atoms with Gasteiger partial charge >= 0.3 is 0 Å². The van der Waals surface area contributed by atoms with Crippen LogP contribution in [-0.2, 0) is 6.54 Å². The minimum Gasteiger partial charge on any atom is -0.357 e. The van der Waals surface area contributed by atoms with Crippen molar-refractivity contribution in [3.05, 3.63) is 35.1 Å². The molecule has 0 aliphatic carbocycles. The fourth-order valence-corrected chi connectivity index (χ4v) is 1.41. The van der Waals surface area contributed by atoms with Gasteiger partial charge < -0.3 is 10.2 Å². The van der Waals surface area contributed by atoms with Crippen LogP contribution in [0.25, 0.3) is 0 Å². The van der Waals surface area contributed by atoms with Crippen LogP contribution >= 0.6 is 0 Å². The summed E-state index contributed by atoms with van der Waals surface area (Å²) in [4.78, 5) is 6.33. The topological polar surface area (TPSA) is 27.6 Å². The van der Waals surface area contributed by atoms with Gasteiger partial charge in [0.25, 0.3) is 0 Å². The smallest absolute Gasteiger partial charge is 0.193 e. The summed E-state index contributed by atoms with van der Waals surface area (Å²) in [5, 5.41) is 3.16. The van der Waals surface area contributed by atoms with Gasteiger partial charge in [-0.3, -0.25) is 0 Å². The molecule has 3 nitrogen and oxygen atoms in total. The van der Waals surface area contributed by atoms with Crippen molar-refractivity contribution in [3.63, 3.8) is 0 Å². The number of aryl methyl sites for hydroxylation is 1. The van der Waals surface area contributed by atoms with Crippen molar-refractivity contribution in [1.82, 2.24) is 10.2 Å². The van der Waals surface area contributed by atoms with E-state index in [1.807, 2.05) is 32.0 Å². The molecule has 0 bridgehead atoms. The van der Waals surface area contributed by atoms with Crippen LogP contribution in [0.1, 0.15) is 18.1 Å². The maximum Gasteiger partial charge on any atom is 0.193 e. The maximum absolute atomic E-state index is 13.3. The van der Waals surface area contributed by atoms with E-state index in [1.54, 1.807) is 13.0 Å². The molecule has 0 radical (unpaired) electrons. The number of nitrogens with one attached hydrogen (secondary N) is 1. The lowest BCUT2D eigenvalue weighted by Gasteiger charge is -2.16. The summed E-state index contributed by atoms with van der Waals surface area (Å²) < 4.78 is 13.3. The Hall–Kier alpha value is -1.58. The maximum atomic E-state index is 13.3. The Balaban J connectivity index is 2.76. The van der Waals surface area contributed by atoms with Gasteiger partial charge in [0.05, 0.1) is 6.54 Å². The number of nitrogens with zero attached hydrogens (tertiary/aromatic N) is 2. The highest BCUT2D eigenvalue weighted by molar-refractivity contribution is 5.79. The first-order valence-electron chi connectivity index (χ1n) is 5.75. The molecule has 0 saturated heterocycles. The first-order chi connectivity index (χ1) is 8.04. The molecule has 0 spiro atoms. The quantitative estimate of drug-likeness (QED) is 0.644. The Morgan fingerprint density at radius 2 is 2.12 bits per heavy atom. The second-order valence-corrected chi connectivity index (χ2v) is 4.15. The summed E-state index contributed by atoms with van der Waals surface area (Å²) in [6.45, 7) is 5.08. The van der Waals surface area contributed by atoms with E-state index in [9.17, 15) is 4.39 Å². The van der Waals surface area contributed by atoms with Crippen LogP contribution in [0.3, 0.4) is 0 Å². The molecule has 4 heteroatoms. The van der Waals surface area contributed by atoms with E-state index in [-0.39, 0.29) is 5.82 Å². The molecule has 0 heterocycles. The highest BCUT2D eigenvalue weighted by atomic mass is 19.1. The lowest BCUT2D eigenvalue weighted by molar-refractivity contribution is 0.582. The second-order valence-electron chi connectivity index (χ2n) is 4.15. The Labute approximate surface area is 102 Å². The van der Waals surface area contributed by atoms with Gasteiger partial charge in [-0.15, -0.1) is 0 Å². The van der Waals surface area contributed by atoms with Crippen LogP contribution in [0.4, 0.5) is 4.39 Å². The molecule has 1 N–H and O–H groups in total. The molecule has 0 fully saturated rings. The third-order valence-electron chi connectivity index (χ3n) is 2.41. The summed E-state index contributed by atoms with van der Waals surface area (Å²) in [7, 11) is 3.86.